The standard InChI is InChI=1S/C16H20O5/c1-9(2)5-6-15-13(17)10-7-11(14(18)21-15)16(15,20-4)8-12(10)19-3/h5,8,10-11H,6-7H2,1-4H3/t10-,11-,15?,16+/m0/s1. The summed E-state index contributed by atoms with van der Waals surface area (Å²) in [4.78, 5) is 25.2. The highest BCUT2D eigenvalue weighted by molar-refractivity contribution is 6.03. The van der Waals surface area contributed by atoms with Crippen molar-refractivity contribution < 1.29 is 23.8 Å². The first kappa shape index (κ1) is 14.3. The highest BCUT2D eigenvalue weighted by atomic mass is 16.6. The zero-order valence-electron chi connectivity index (χ0n) is 12.8. The molecule has 1 saturated heterocycles. The Bertz CT molecular complexity index is 571. The highest BCUT2D eigenvalue weighted by Crippen LogP contribution is 2.59. The molecular formula is C16H20O5. The molecule has 0 aromatic carbocycles. The van der Waals surface area contributed by atoms with Crippen LogP contribution in [0.1, 0.15) is 26.7 Å². The Morgan fingerprint density at radius 3 is 2.71 bits per heavy atom. The van der Waals surface area contributed by atoms with Gasteiger partial charge >= 0.3 is 5.97 Å². The number of carbonyl (C=O) groups excluding carboxylic acids is 2. The Hall–Kier alpha value is -1.62. The van der Waals surface area contributed by atoms with Gasteiger partial charge in [-0.15, -0.1) is 0 Å². The van der Waals surface area contributed by atoms with Crippen LogP contribution in [-0.2, 0) is 23.8 Å². The lowest BCUT2D eigenvalue weighted by atomic mass is 9.57. The van der Waals surface area contributed by atoms with Gasteiger partial charge in [0.25, 0.3) is 0 Å². The number of ether oxygens (including phenoxy) is 3. The molecule has 5 nitrogen and oxygen atoms in total. The van der Waals surface area contributed by atoms with Crippen LogP contribution < -0.4 is 0 Å². The van der Waals surface area contributed by atoms with Crippen molar-refractivity contribution >= 4 is 11.8 Å². The van der Waals surface area contributed by atoms with Crippen LogP contribution in [-0.4, -0.2) is 37.2 Å². The molecule has 4 atom stereocenters. The monoisotopic (exact) mass is 292 g/mol. The van der Waals surface area contributed by atoms with Crippen LogP contribution in [0.2, 0.25) is 0 Å². The molecule has 5 heteroatoms. The minimum atomic E-state index is -1.24. The number of ketones is 1. The lowest BCUT2D eigenvalue weighted by Crippen LogP contribution is -2.67. The van der Waals surface area contributed by atoms with Gasteiger partial charge in [0, 0.05) is 13.5 Å². The number of carbonyl (C=O) groups is 2. The van der Waals surface area contributed by atoms with Crippen LogP contribution in [0.3, 0.4) is 0 Å². The van der Waals surface area contributed by atoms with Crippen molar-refractivity contribution in [3.63, 3.8) is 0 Å². The third-order valence-corrected chi connectivity index (χ3v) is 4.97. The molecule has 0 aromatic rings. The summed E-state index contributed by atoms with van der Waals surface area (Å²) in [6.45, 7) is 3.90. The summed E-state index contributed by atoms with van der Waals surface area (Å²) >= 11 is 0. The van der Waals surface area contributed by atoms with Crippen LogP contribution >= 0.6 is 0 Å². The molecule has 4 bridgehead atoms. The Labute approximate surface area is 123 Å². The van der Waals surface area contributed by atoms with Crippen molar-refractivity contribution in [1.82, 2.24) is 0 Å². The van der Waals surface area contributed by atoms with Crippen molar-refractivity contribution in [3.8, 4) is 0 Å². The second kappa shape index (κ2) is 4.44. The summed E-state index contributed by atoms with van der Waals surface area (Å²) < 4.78 is 16.6. The van der Waals surface area contributed by atoms with Gasteiger partial charge in [0.2, 0.25) is 5.60 Å². The van der Waals surface area contributed by atoms with E-state index in [1.165, 1.54) is 14.2 Å². The first-order valence-corrected chi connectivity index (χ1v) is 7.14. The third kappa shape index (κ3) is 1.55. The zero-order valence-corrected chi connectivity index (χ0v) is 12.8. The average Bonchev–Trinajstić information content (AvgIpc) is 2.67. The van der Waals surface area contributed by atoms with Gasteiger partial charge in [-0.1, -0.05) is 11.6 Å². The molecule has 1 saturated carbocycles. The van der Waals surface area contributed by atoms with E-state index in [0.717, 1.165) is 5.57 Å². The van der Waals surface area contributed by atoms with E-state index < -0.39 is 23.0 Å². The number of hydrogen-bond acceptors (Lipinski definition) is 5. The molecule has 0 radical (unpaired) electrons. The van der Waals surface area contributed by atoms with E-state index in [1.807, 2.05) is 19.9 Å². The maximum atomic E-state index is 13.0. The third-order valence-electron chi connectivity index (χ3n) is 4.97. The highest BCUT2D eigenvalue weighted by Gasteiger charge is 2.76. The lowest BCUT2D eigenvalue weighted by molar-refractivity contribution is -0.180. The SMILES string of the molecule is COC1=C[C@@]2(OC)[C@H]3C[C@@H]1C(=O)C2(CC=C(C)C)OC3=O. The summed E-state index contributed by atoms with van der Waals surface area (Å²) in [5.41, 5.74) is -1.22. The minimum Gasteiger partial charge on any atom is -0.501 e. The number of rotatable bonds is 4. The van der Waals surface area contributed by atoms with Crippen LogP contribution in [0, 0.1) is 11.8 Å². The maximum Gasteiger partial charge on any atom is 0.313 e. The predicted octanol–water partition coefficient (Wildman–Crippen LogP) is 1.77. The van der Waals surface area contributed by atoms with Crippen molar-refractivity contribution in [2.45, 2.75) is 37.9 Å². The normalized spacial score (nSPS) is 39.9. The molecule has 21 heavy (non-hydrogen) atoms. The van der Waals surface area contributed by atoms with E-state index in [4.69, 9.17) is 14.2 Å². The Morgan fingerprint density at radius 2 is 2.14 bits per heavy atom. The Morgan fingerprint density at radius 1 is 1.43 bits per heavy atom. The number of esters is 1. The fraction of sp³-hybridized carbons (Fsp3) is 0.625. The number of methoxy groups -OCH3 is 2. The van der Waals surface area contributed by atoms with E-state index in [-0.39, 0.29) is 11.8 Å². The first-order valence-electron chi connectivity index (χ1n) is 7.14. The molecule has 114 valence electrons. The van der Waals surface area contributed by atoms with Gasteiger partial charge in [-0.3, -0.25) is 9.59 Å². The van der Waals surface area contributed by atoms with Crippen molar-refractivity contribution in [2.24, 2.45) is 11.8 Å². The van der Waals surface area contributed by atoms with Gasteiger partial charge in [0.05, 0.1) is 18.9 Å². The number of Topliss-reactive ketones (excluding diaryl/α,β-unsaturated/α-hetero) is 1. The number of allylic oxidation sites excluding steroid dienone is 2. The van der Waals surface area contributed by atoms with Gasteiger partial charge < -0.3 is 14.2 Å². The van der Waals surface area contributed by atoms with Crippen molar-refractivity contribution in [1.29, 1.82) is 0 Å². The molecule has 4 aliphatic rings. The molecule has 1 unspecified atom stereocenters. The van der Waals surface area contributed by atoms with Crippen LogP contribution in [0.25, 0.3) is 0 Å². The molecule has 4 rings (SSSR count). The molecule has 0 amide bonds. The molecule has 1 heterocycles. The molecule has 0 aromatic heterocycles. The van der Waals surface area contributed by atoms with Gasteiger partial charge in [-0.25, -0.2) is 0 Å². The molecule has 2 fully saturated rings. The summed E-state index contributed by atoms with van der Waals surface area (Å²) in [6.07, 6.45) is 4.46. The Balaban J connectivity index is 2.19. The van der Waals surface area contributed by atoms with E-state index in [9.17, 15) is 9.59 Å². The van der Waals surface area contributed by atoms with E-state index >= 15 is 0 Å². The largest absolute Gasteiger partial charge is 0.501 e. The van der Waals surface area contributed by atoms with Crippen molar-refractivity contribution in [2.75, 3.05) is 14.2 Å². The second-order valence-electron chi connectivity index (χ2n) is 6.19. The molecule has 0 N–H and O–H groups in total. The number of hydrogen-bond donors (Lipinski definition) is 0. The lowest BCUT2D eigenvalue weighted by Gasteiger charge is -2.50. The summed E-state index contributed by atoms with van der Waals surface area (Å²) in [7, 11) is 3.06. The van der Waals surface area contributed by atoms with Gasteiger partial charge in [-0.05, 0) is 26.3 Å². The predicted molar refractivity (Wildman–Crippen MR) is 74.3 cm³/mol. The maximum absolute atomic E-state index is 13.0. The van der Waals surface area contributed by atoms with Gasteiger partial charge in [0.1, 0.15) is 11.4 Å². The van der Waals surface area contributed by atoms with Crippen LogP contribution in [0.5, 0.6) is 0 Å². The molecule has 0 spiro atoms. The van der Waals surface area contributed by atoms with E-state index in [0.29, 0.717) is 18.6 Å². The smallest absolute Gasteiger partial charge is 0.313 e. The summed E-state index contributed by atoms with van der Waals surface area (Å²) in [5.74, 6) is -0.711. The summed E-state index contributed by atoms with van der Waals surface area (Å²) in [6, 6.07) is 0. The fourth-order valence-electron chi connectivity index (χ4n) is 3.91. The van der Waals surface area contributed by atoms with E-state index in [2.05, 4.69) is 0 Å². The molecular weight excluding hydrogens is 272 g/mol. The van der Waals surface area contributed by atoms with Crippen molar-refractivity contribution in [3.05, 3.63) is 23.5 Å². The topological polar surface area (TPSA) is 61.8 Å². The molecule has 3 aliphatic carbocycles. The summed E-state index contributed by atoms with van der Waals surface area (Å²) in [5, 5.41) is 0. The van der Waals surface area contributed by atoms with E-state index in [1.54, 1.807) is 6.08 Å². The second-order valence-corrected chi connectivity index (χ2v) is 6.19. The average molecular weight is 292 g/mol. The quantitative estimate of drug-likeness (QED) is 0.584. The molecule has 1 aliphatic heterocycles. The minimum absolute atomic E-state index is 0.108. The fourth-order valence-corrected chi connectivity index (χ4v) is 3.91. The van der Waals surface area contributed by atoms with Gasteiger partial charge in [-0.2, -0.15) is 0 Å². The van der Waals surface area contributed by atoms with Crippen LogP contribution in [0.15, 0.2) is 23.5 Å². The van der Waals surface area contributed by atoms with Gasteiger partial charge in [0.15, 0.2) is 5.78 Å². The first-order chi connectivity index (χ1) is 9.91. The Kier molecular flexibility index (Phi) is 3.03. The zero-order chi connectivity index (χ0) is 15.4. The van der Waals surface area contributed by atoms with Crippen LogP contribution in [0.4, 0.5) is 0 Å².